The number of aryl methyl sites for hydroxylation is 2. The van der Waals surface area contributed by atoms with Crippen LogP contribution in [0.15, 0.2) is 101 Å². The van der Waals surface area contributed by atoms with Crippen LogP contribution >= 0.6 is 0 Å². The maximum atomic E-state index is 11.1. The summed E-state index contributed by atoms with van der Waals surface area (Å²) in [5.74, 6) is 0.793. The Bertz CT molecular complexity index is 1430. The minimum atomic E-state index is 0.616. The molecule has 0 bridgehead atoms. The van der Waals surface area contributed by atoms with Gasteiger partial charge in [-0.1, -0.05) is 63.1 Å². The van der Waals surface area contributed by atoms with E-state index in [0.29, 0.717) is 5.56 Å². The van der Waals surface area contributed by atoms with E-state index in [1.165, 1.54) is 36.8 Å². The van der Waals surface area contributed by atoms with Crippen LogP contribution in [0.3, 0.4) is 0 Å². The zero-order chi connectivity index (χ0) is 26.3. The molecule has 0 fully saturated rings. The highest BCUT2D eigenvalue weighted by Gasteiger charge is 2.14. The lowest BCUT2D eigenvalue weighted by atomic mass is 10.1. The summed E-state index contributed by atoms with van der Waals surface area (Å²) in [6, 6.07) is 34.0. The SMILES string of the molecule is CCCCc1ccc(N(c2ccc(CCCC)cc2)c2ccc(-c3cc4ccc(C=O)cc4o3)cc2)cc1. The Morgan fingerprint density at radius 1 is 0.658 bits per heavy atom. The summed E-state index contributed by atoms with van der Waals surface area (Å²) in [7, 11) is 0. The van der Waals surface area contributed by atoms with Gasteiger partial charge in [0.15, 0.2) is 0 Å². The van der Waals surface area contributed by atoms with Crippen molar-refractivity contribution < 1.29 is 9.21 Å². The normalized spacial score (nSPS) is 11.1. The van der Waals surface area contributed by atoms with Crippen molar-refractivity contribution in [3.8, 4) is 11.3 Å². The zero-order valence-corrected chi connectivity index (χ0v) is 22.3. The summed E-state index contributed by atoms with van der Waals surface area (Å²) in [6.45, 7) is 4.47. The molecule has 192 valence electrons. The van der Waals surface area contributed by atoms with E-state index in [-0.39, 0.29) is 0 Å². The smallest absolute Gasteiger partial charge is 0.150 e. The second-order valence-electron chi connectivity index (χ2n) is 9.95. The van der Waals surface area contributed by atoms with Crippen molar-refractivity contribution in [2.75, 3.05) is 4.90 Å². The first kappa shape index (κ1) is 25.5. The minimum Gasteiger partial charge on any atom is -0.456 e. The molecule has 0 aliphatic heterocycles. The molecule has 0 spiro atoms. The average molecular weight is 502 g/mol. The zero-order valence-electron chi connectivity index (χ0n) is 22.3. The molecule has 1 aromatic heterocycles. The molecule has 0 radical (unpaired) electrons. The fraction of sp³-hybridized carbons (Fsp3) is 0.229. The van der Waals surface area contributed by atoms with Crippen LogP contribution in [-0.4, -0.2) is 6.29 Å². The molecule has 0 aliphatic rings. The predicted octanol–water partition coefficient (Wildman–Crippen LogP) is 10.1. The first-order valence-corrected chi connectivity index (χ1v) is 13.8. The van der Waals surface area contributed by atoms with Gasteiger partial charge in [-0.15, -0.1) is 0 Å². The number of benzene rings is 4. The van der Waals surface area contributed by atoms with Gasteiger partial charge in [0.1, 0.15) is 17.6 Å². The van der Waals surface area contributed by atoms with Gasteiger partial charge in [0.25, 0.3) is 0 Å². The van der Waals surface area contributed by atoms with Crippen molar-refractivity contribution in [1.29, 1.82) is 0 Å². The Kier molecular flexibility index (Phi) is 8.04. The molecular formula is C35H35NO2. The third kappa shape index (κ3) is 5.73. The van der Waals surface area contributed by atoms with Crippen LogP contribution in [0.25, 0.3) is 22.3 Å². The number of hydrogen-bond donors (Lipinski definition) is 0. The van der Waals surface area contributed by atoms with Crippen LogP contribution < -0.4 is 4.90 Å². The van der Waals surface area contributed by atoms with Crippen molar-refractivity contribution in [2.24, 2.45) is 0 Å². The number of nitrogens with zero attached hydrogens (tertiary/aromatic N) is 1. The highest BCUT2D eigenvalue weighted by Crippen LogP contribution is 2.37. The van der Waals surface area contributed by atoms with Crippen molar-refractivity contribution in [2.45, 2.75) is 52.4 Å². The number of carbonyl (C=O) groups excluding carboxylic acids is 1. The molecule has 0 N–H and O–H groups in total. The van der Waals surface area contributed by atoms with Crippen LogP contribution in [0, 0.1) is 0 Å². The van der Waals surface area contributed by atoms with Crippen LogP contribution in [0.1, 0.15) is 61.0 Å². The summed E-state index contributed by atoms with van der Waals surface area (Å²) in [6.07, 6.45) is 7.90. The van der Waals surface area contributed by atoms with Crippen LogP contribution in [-0.2, 0) is 12.8 Å². The molecule has 0 saturated heterocycles. The van der Waals surface area contributed by atoms with Gasteiger partial charge in [0, 0.05) is 33.6 Å². The van der Waals surface area contributed by atoms with Gasteiger partial charge in [0.05, 0.1) is 0 Å². The molecule has 1 heterocycles. The lowest BCUT2D eigenvalue weighted by Crippen LogP contribution is -2.10. The molecule has 3 heteroatoms. The van der Waals surface area contributed by atoms with E-state index in [1.54, 1.807) is 6.07 Å². The summed E-state index contributed by atoms with van der Waals surface area (Å²) < 4.78 is 6.08. The Morgan fingerprint density at radius 3 is 1.68 bits per heavy atom. The molecule has 38 heavy (non-hydrogen) atoms. The van der Waals surface area contributed by atoms with E-state index in [4.69, 9.17) is 4.42 Å². The molecule has 0 atom stereocenters. The second kappa shape index (κ2) is 12.0. The molecule has 3 nitrogen and oxygen atoms in total. The van der Waals surface area contributed by atoms with Crippen LogP contribution in [0.2, 0.25) is 0 Å². The van der Waals surface area contributed by atoms with Gasteiger partial charge in [-0.3, -0.25) is 4.79 Å². The highest BCUT2D eigenvalue weighted by molar-refractivity contribution is 5.88. The summed E-state index contributed by atoms with van der Waals surface area (Å²) in [5.41, 5.74) is 8.48. The maximum absolute atomic E-state index is 11.1. The molecule has 0 amide bonds. The Labute approximate surface area is 225 Å². The van der Waals surface area contributed by atoms with Gasteiger partial charge in [0.2, 0.25) is 0 Å². The number of rotatable bonds is 11. The number of hydrogen-bond acceptors (Lipinski definition) is 3. The van der Waals surface area contributed by atoms with E-state index < -0.39 is 0 Å². The summed E-state index contributed by atoms with van der Waals surface area (Å²) in [4.78, 5) is 13.5. The summed E-state index contributed by atoms with van der Waals surface area (Å²) in [5, 5.41) is 0.989. The number of unbranched alkanes of at least 4 members (excludes halogenated alkanes) is 2. The Balaban J connectivity index is 1.47. The predicted molar refractivity (Wildman–Crippen MR) is 159 cm³/mol. The lowest BCUT2D eigenvalue weighted by Gasteiger charge is -2.26. The monoisotopic (exact) mass is 501 g/mol. The van der Waals surface area contributed by atoms with Gasteiger partial charge in [-0.2, -0.15) is 0 Å². The lowest BCUT2D eigenvalue weighted by molar-refractivity contribution is 0.112. The minimum absolute atomic E-state index is 0.616. The number of fused-ring (bicyclic) bond motifs is 1. The van der Waals surface area contributed by atoms with Gasteiger partial charge < -0.3 is 9.32 Å². The quantitative estimate of drug-likeness (QED) is 0.169. The summed E-state index contributed by atoms with van der Waals surface area (Å²) >= 11 is 0. The number of furan rings is 1. The van der Waals surface area contributed by atoms with Gasteiger partial charge in [-0.25, -0.2) is 0 Å². The molecular weight excluding hydrogens is 466 g/mol. The van der Waals surface area contributed by atoms with E-state index in [2.05, 4.69) is 91.5 Å². The Hall–Kier alpha value is -4.11. The van der Waals surface area contributed by atoms with Crippen molar-refractivity contribution in [1.82, 2.24) is 0 Å². The van der Waals surface area contributed by atoms with Gasteiger partial charge in [-0.05, 0) is 97.5 Å². The van der Waals surface area contributed by atoms with Crippen molar-refractivity contribution >= 4 is 34.3 Å². The molecule has 5 rings (SSSR count). The topological polar surface area (TPSA) is 33.5 Å². The first-order valence-electron chi connectivity index (χ1n) is 13.8. The molecule has 0 aliphatic carbocycles. The fourth-order valence-electron chi connectivity index (χ4n) is 4.87. The molecule has 5 aromatic rings. The second-order valence-corrected chi connectivity index (χ2v) is 9.95. The average Bonchev–Trinajstić information content (AvgIpc) is 3.40. The Morgan fingerprint density at radius 2 is 1.18 bits per heavy atom. The fourth-order valence-corrected chi connectivity index (χ4v) is 4.87. The number of aldehydes is 1. The van der Waals surface area contributed by atoms with Crippen LogP contribution in [0.5, 0.6) is 0 Å². The number of carbonyl (C=O) groups is 1. The van der Waals surface area contributed by atoms with E-state index in [0.717, 1.165) is 58.5 Å². The largest absolute Gasteiger partial charge is 0.456 e. The van der Waals surface area contributed by atoms with E-state index in [9.17, 15) is 4.79 Å². The molecule has 0 unspecified atom stereocenters. The van der Waals surface area contributed by atoms with E-state index >= 15 is 0 Å². The van der Waals surface area contributed by atoms with Crippen molar-refractivity contribution in [3.63, 3.8) is 0 Å². The molecule has 0 saturated carbocycles. The number of anilines is 3. The third-order valence-electron chi connectivity index (χ3n) is 7.12. The standard InChI is InChI=1S/C35H35NO2/c1-3-5-7-26-10-17-31(18-11-26)36(32-19-12-27(13-20-32)8-6-4-2)33-21-15-29(16-22-33)35-24-30-14-9-28(25-37)23-34(30)38-35/h9-25H,3-8H2,1-2H3. The van der Waals surface area contributed by atoms with Crippen LogP contribution in [0.4, 0.5) is 17.1 Å². The maximum Gasteiger partial charge on any atom is 0.150 e. The highest BCUT2D eigenvalue weighted by atomic mass is 16.3. The van der Waals surface area contributed by atoms with Crippen molar-refractivity contribution in [3.05, 3.63) is 114 Å². The first-order chi connectivity index (χ1) is 18.7. The van der Waals surface area contributed by atoms with E-state index in [1.807, 2.05) is 18.2 Å². The van der Waals surface area contributed by atoms with Gasteiger partial charge >= 0.3 is 0 Å². The third-order valence-corrected chi connectivity index (χ3v) is 7.12. The molecule has 4 aromatic carbocycles.